The molecule has 1 aliphatic carbocycles. The van der Waals surface area contributed by atoms with Crippen LogP contribution in [0.4, 0.5) is 0 Å². The third-order valence-electron chi connectivity index (χ3n) is 4.20. The zero-order chi connectivity index (χ0) is 14.7. The van der Waals surface area contributed by atoms with Crippen molar-refractivity contribution < 1.29 is 4.42 Å². The van der Waals surface area contributed by atoms with Gasteiger partial charge in [-0.15, -0.1) is 0 Å². The minimum atomic E-state index is 0.591. The Hall–Kier alpha value is -0.800. The standard InChI is InChI=1S/C17H30N2O/c1-12(2)8-13(3)19(5)11-17-9-15(14(4)20-17)10-18-16-6-7-16/h9,12-13,16,18H,6-8,10-11H2,1-5H3. The van der Waals surface area contributed by atoms with Gasteiger partial charge in [0.05, 0.1) is 6.54 Å². The van der Waals surface area contributed by atoms with Crippen molar-refractivity contribution >= 4 is 0 Å². The van der Waals surface area contributed by atoms with Crippen molar-refractivity contribution in [1.82, 2.24) is 10.2 Å². The number of nitrogens with zero attached hydrogens (tertiary/aromatic N) is 1. The lowest BCUT2D eigenvalue weighted by molar-refractivity contribution is 0.204. The number of aryl methyl sites for hydroxylation is 1. The average molecular weight is 278 g/mol. The van der Waals surface area contributed by atoms with Gasteiger partial charge in [0.25, 0.3) is 0 Å². The lowest BCUT2D eigenvalue weighted by Crippen LogP contribution is -2.29. The molecule has 1 aliphatic rings. The van der Waals surface area contributed by atoms with Crippen molar-refractivity contribution in [3.8, 4) is 0 Å². The molecule has 2 rings (SSSR count). The normalized spacial score (nSPS) is 17.1. The fraction of sp³-hybridized carbons (Fsp3) is 0.765. The van der Waals surface area contributed by atoms with Gasteiger partial charge >= 0.3 is 0 Å². The zero-order valence-electron chi connectivity index (χ0n) is 13.7. The Morgan fingerprint density at radius 1 is 1.35 bits per heavy atom. The van der Waals surface area contributed by atoms with Crippen molar-refractivity contribution in [2.24, 2.45) is 5.92 Å². The number of nitrogens with one attached hydrogen (secondary N) is 1. The van der Waals surface area contributed by atoms with Gasteiger partial charge in [-0.25, -0.2) is 0 Å². The number of rotatable bonds is 8. The second-order valence-corrected chi connectivity index (χ2v) is 6.84. The number of hydrogen-bond donors (Lipinski definition) is 1. The van der Waals surface area contributed by atoms with Gasteiger partial charge in [-0.1, -0.05) is 13.8 Å². The van der Waals surface area contributed by atoms with Crippen molar-refractivity contribution in [1.29, 1.82) is 0 Å². The molecule has 114 valence electrons. The zero-order valence-corrected chi connectivity index (χ0v) is 13.7. The molecule has 0 saturated heterocycles. The molecular weight excluding hydrogens is 248 g/mol. The van der Waals surface area contributed by atoms with Gasteiger partial charge in [-0.3, -0.25) is 4.90 Å². The quantitative estimate of drug-likeness (QED) is 0.786. The van der Waals surface area contributed by atoms with Gasteiger partial charge in [-0.05, 0) is 52.1 Å². The molecule has 1 aromatic rings. The van der Waals surface area contributed by atoms with Crippen LogP contribution in [0.15, 0.2) is 10.5 Å². The highest BCUT2D eigenvalue weighted by atomic mass is 16.3. The smallest absolute Gasteiger partial charge is 0.118 e. The van der Waals surface area contributed by atoms with E-state index in [1.165, 1.54) is 24.8 Å². The largest absolute Gasteiger partial charge is 0.465 e. The fourth-order valence-electron chi connectivity index (χ4n) is 2.65. The van der Waals surface area contributed by atoms with Crippen molar-refractivity contribution in [3.63, 3.8) is 0 Å². The van der Waals surface area contributed by atoms with E-state index in [9.17, 15) is 0 Å². The van der Waals surface area contributed by atoms with E-state index in [4.69, 9.17) is 4.42 Å². The summed E-state index contributed by atoms with van der Waals surface area (Å²) >= 11 is 0. The van der Waals surface area contributed by atoms with Crippen LogP contribution in [0.3, 0.4) is 0 Å². The van der Waals surface area contributed by atoms with Crippen molar-refractivity contribution in [2.45, 2.75) is 72.1 Å². The Kier molecular flexibility index (Phi) is 5.28. The summed E-state index contributed by atoms with van der Waals surface area (Å²) in [6.45, 7) is 10.8. The van der Waals surface area contributed by atoms with Gasteiger partial charge in [0, 0.05) is 24.2 Å². The third-order valence-corrected chi connectivity index (χ3v) is 4.20. The summed E-state index contributed by atoms with van der Waals surface area (Å²) in [5.41, 5.74) is 1.32. The molecule has 0 aromatic carbocycles. The Morgan fingerprint density at radius 2 is 2.05 bits per heavy atom. The van der Waals surface area contributed by atoms with E-state index in [-0.39, 0.29) is 0 Å². The van der Waals surface area contributed by atoms with Crippen LogP contribution in [0.25, 0.3) is 0 Å². The van der Waals surface area contributed by atoms with Gasteiger partial charge in [0.1, 0.15) is 11.5 Å². The minimum Gasteiger partial charge on any atom is -0.465 e. The molecule has 20 heavy (non-hydrogen) atoms. The topological polar surface area (TPSA) is 28.4 Å². The number of furan rings is 1. The van der Waals surface area contributed by atoms with Gasteiger partial charge in [-0.2, -0.15) is 0 Å². The first-order chi connectivity index (χ1) is 9.45. The van der Waals surface area contributed by atoms with Crippen LogP contribution in [0, 0.1) is 12.8 Å². The molecule has 1 fully saturated rings. The van der Waals surface area contributed by atoms with Crippen LogP contribution in [-0.4, -0.2) is 24.0 Å². The molecule has 1 atom stereocenters. The summed E-state index contributed by atoms with van der Waals surface area (Å²) in [5, 5.41) is 3.56. The Bertz CT molecular complexity index is 421. The van der Waals surface area contributed by atoms with Gasteiger partial charge < -0.3 is 9.73 Å². The predicted molar refractivity (Wildman–Crippen MR) is 83.7 cm³/mol. The molecule has 3 nitrogen and oxygen atoms in total. The summed E-state index contributed by atoms with van der Waals surface area (Å²) in [6.07, 6.45) is 3.89. The van der Waals surface area contributed by atoms with Gasteiger partial charge in [0.2, 0.25) is 0 Å². The van der Waals surface area contributed by atoms with Crippen molar-refractivity contribution in [3.05, 3.63) is 23.2 Å². The summed E-state index contributed by atoms with van der Waals surface area (Å²) in [5.74, 6) is 2.90. The molecule has 1 N–H and O–H groups in total. The van der Waals surface area contributed by atoms with Crippen LogP contribution in [0.5, 0.6) is 0 Å². The van der Waals surface area contributed by atoms with E-state index < -0.39 is 0 Å². The summed E-state index contributed by atoms with van der Waals surface area (Å²) in [7, 11) is 2.19. The Labute approximate surface area is 123 Å². The Morgan fingerprint density at radius 3 is 2.65 bits per heavy atom. The maximum Gasteiger partial charge on any atom is 0.118 e. The monoisotopic (exact) mass is 278 g/mol. The summed E-state index contributed by atoms with van der Waals surface area (Å²) in [4.78, 5) is 2.39. The third kappa shape index (κ3) is 4.64. The van der Waals surface area contributed by atoms with Gasteiger partial charge in [0.15, 0.2) is 0 Å². The van der Waals surface area contributed by atoms with Crippen LogP contribution in [0.2, 0.25) is 0 Å². The molecule has 0 aliphatic heterocycles. The van der Waals surface area contributed by atoms with Crippen LogP contribution >= 0.6 is 0 Å². The van der Waals surface area contributed by atoms with Crippen molar-refractivity contribution in [2.75, 3.05) is 7.05 Å². The maximum atomic E-state index is 5.91. The lowest BCUT2D eigenvalue weighted by atomic mass is 10.0. The first-order valence-electron chi connectivity index (χ1n) is 7.97. The molecule has 1 saturated carbocycles. The second kappa shape index (κ2) is 6.77. The summed E-state index contributed by atoms with van der Waals surface area (Å²) < 4.78 is 5.91. The van der Waals surface area contributed by atoms with E-state index in [0.717, 1.165) is 36.6 Å². The molecule has 1 heterocycles. The average Bonchev–Trinajstić information content (AvgIpc) is 3.11. The maximum absolute atomic E-state index is 5.91. The fourth-order valence-corrected chi connectivity index (χ4v) is 2.65. The second-order valence-electron chi connectivity index (χ2n) is 6.84. The highest BCUT2D eigenvalue weighted by Crippen LogP contribution is 2.22. The summed E-state index contributed by atoms with van der Waals surface area (Å²) in [6, 6.07) is 3.57. The van der Waals surface area contributed by atoms with E-state index in [1.807, 2.05) is 0 Å². The van der Waals surface area contributed by atoms with Crippen LogP contribution < -0.4 is 5.32 Å². The molecule has 3 heteroatoms. The number of hydrogen-bond acceptors (Lipinski definition) is 3. The highest BCUT2D eigenvalue weighted by molar-refractivity contribution is 5.21. The predicted octanol–water partition coefficient (Wildman–Crippen LogP) is 3.71. The molecular formula is C17H30N2O. The highest BCUT2D eigenvalue weighted by Gasteiger charge is 2.21. The molecule has 0 amide bonds. The molecule has 0 radical (unpaired) electrons. The Balaban J connectivity index is 1.86. The van der Waals surface area contributed by atoms with Crippen LogP contribution in [-0.2, 0) is 13.1 Å². The molecule has 1 unspecified atom stereocenters. The SMILES string of the molecule is Cc1oc(CN(C)C(C)CC(C)C)cc1CNC1CC1. The molecule has 1 aromatic heterocycles. The first kappa shape index (κ1) is 15.6. The van der Waals surface area contributed by atoms with E-state index in [1.54, 1.807) is 0 Å². The minimum absolute atomic E-state index is 0.591. The lowest BCUT2D eigenvalue weighted by Gasteiger charge is -2.25. The van der Waals surface area contributed by atoms with E-state index in [0.29, 0.717) is 6.04 Å². The molecule has 0 bridgehead atoms. The first-order valence-corrected chi connectivity index (χ1v) is 7.97. The van der Waals surface area contributed by atoms with E-state index >= 15 is 0 Å². The van der Waals surface area contributed by atoms with E-state index in [2.05, 4.69) is 51.0 Å². The molecule has 0 spiro atoms. The van der Waals surface area contributed by atoms with Crippen LogP contribution in [0.1, 0.15) is 57.1 Å².